The van der Waals surface area contributed by atoms with Crippen LogP contribution in [0.25, 0.3) is 0 Å². The van der Waals surface area contributed by atoms with Gasteiger partial charge in [-0.05, 0) is 36.7 Å². The predicted octanol–water partition coefficient (Wildman–Crippen LogP) is 3.84. The number of ether oxygens (including phenoxy) is 1. The van der Waals surface area contributed by atoms with Crippen molar-refractivity contribution in [3.8, 4) is 5.75 Å². The van der Waals surface area contributed by atoms with Crippen LogP contribution in [0.3, 0.4) is 0 Å². The van der Waals surface area contributed by atoms with Crippen molar-refractivity contribution >= 4 is 11.6 Å². The van der Waals surface area contributed by atoms with Gasteiger partial charge in [0.05, 0.1) is 5.02 Å². The van der Waals surface area contributed by atoms with Crippen molar-refractivity contribution in [2.24, 2.45) is 5.73 Å². The summed E-state index contributed by atoms with van der Waals surface area (Å²) < 4.78 is 46.3. The summed E-state index contributed by atoms with van der Waals surface area (Å²) >= 11 is 5.62. The molecule has 112 valence electrons. The van der Waals surface area contributed by atoms with Crippen LogP contribution in [-0.2, 0) is 13.0 Å². The third-order valence-corrected chi connectivity index (χ3v) is 3.19. The molecule has 2 nitrogen and oxygen atoms in total. The Morgan fingerprint density at radius 1 is 1.10 bits per heavy atom. The van der Waals surface area contributed by atoms with Crippen molar-refractivity contribution in [2.75, 3.05) is 6.54 Å². The quantitative estimate of drug-likeness (QED) is 0.910. The monoisotopic (exact) mass is 315 g/mol. The zero-order chi connectivity index (χ0) is 15.4. The van der Waals surface area contributed by atoms with Gasteiger partial charge in [-0.3, -0.25) is 0 Å². The Labute approximate surface area is 125 Å². The molecular formula is C15H13ClF3NO. The van der Waals surface area contributed by atoms with Crippen LogP contribution in [0.2, 0.25) is 5.02 Å². The van der Waals surface area contributed by atoms with Crippen molar-refractivity contribution < 1.29 is 17.9 Å². The first-order valence-corrected chi connectivity index (χ1v) is 6.64. The van der Waals surface area contributed by atoms with E-state index in [4.69, 9.17) is 22.1 Å². The maximum atomic E-state index is 13.8. The fourth-order valence-corrected chi connectivity index (χ4v) is 2.07. The molecule has 6 heteroatoms. The smallest absolute Gasteiger partial charge is 0.191 e. The minimum Gasteiger partial charge on any atom is -0.483 e. The van der Waals surface area contributed by atoms with Gasteiger partial charge in [-0.25, -0.2) is 13.2 Å². The van der Waals surface area contributed by atoms with Crippen LogP contribution in [0.1, 0.15) is 11.1 Å². The molecule has 0 heterocycles. The molecule has 0 aliphatic rings. The Kier molecular flexibility index (Phi) is 5.09. The molecule has 0 radical (unpaired) electrons. The maximum absolute atomic E-state index is 13.8. The predicted molar refractivity (Wildman–Crippen MR) is 74.9 cm³/mol. The van der Waals surface area contributed by atoms with Gasteiger partial charge in [-0.1, -0.05) is 23.7 Å². The summed E-state index contributed by atoms with van der Waals surface area (Å²) in [6.07, 6.45) is 0.358. The number of nitrogens with two attached hydrogens (primary N) is 1. The molecule has 0 unspecified atom stereocenters. The van der Waals surface area contributed by atoms with Crippen LogP contribution in [0.15, 0.2) is 30.3 Å². The fourth-order valence-electron chi connectivity index (χ4n) is 1.87. The Hall–Kier alpha value is -1.72. The maximum Gasteiger partial charge on any atom is 0.191 e. The van der Waals surface area contributed by atoms with Crippen LogP contribution < -0.4 is 10.5 Å². The van der Waals surface area contributed by atoms with E-state index in [2.05, 4.69) is 0 Å². The van der Waals surface area contributed by atoms with Crippen molar-refractivity contribution in [3.63, 3.8) is 0 Å². The first-order chi connectivity index (χ1) is 10.0. The number of rotatable bonds is 5. The molecule has 2 aromatic rings. The average molecular weight is 316 g/mol. The summed E-state index contributed by atoms with van der Waals surface area (Å²) in [5.74, 6) is -2.91. The number of halogens is 4. The van der Waals surface area contributed by atoms with E-state index in [1.165, 1.54) is 18.2 Å². The zero-order valence-corrected chi connectivity index (χ0v) is 11.8. The molecule has 2 aromatic carbocycles. The SMILES string of the molecule is NCCc1cc(F)c(OCc2cccc(Cl)c2F)c(F)c1. The average Bonchev–Trinajstić information content (AvgIpc) is 2.42. The van der Waals surface area contributed by atoms with Crippen molar-refractivity contribution in [1.82, 2.24) is 0 Å². The lowest BCUT2D eigenvalue weighted by Gasteiger charge is -2.11. The first-order valence-electron chi connectivity index (χ1n) is 6.26. The summed E-state index contributed by atoms with van der Waals surface area (Å²) in [6, 6.07) is 6.64. The lowest BCUT2D eigenvalue weighted by Crippen LogP contribution is -2.06. The molecular weight excluding hydrogens is 303 g/mol. The minimum atomic E-state index is -0.846. The van der Waals surface area contributed by atoms with Crippen LogP contribution in [0.4, 0.5) is 13.2 Å². The Morgan fingerprint density at radius 2 is 1.76 bits per heavy atom. The molecule has 21 heavy (non-hydrogen) atoms. The molecule has 0 fully saturated rings. The molecule has 0 atom stereocenters. The normalized spacial score (nSPS) is 10.7. The van der Waals surface area contributed by atoms with E-state index in [1.807, 2.05) is 0 Å². The first kappa shape index (κ1) is 15.7. The van der Waals surface area contributed by atoms with E-state index in [1.54, 1.807) is 0 Å². The molecule has 0 spiro atoms. The van der Waals surface area contributed by atoms with Crippen LogP contribution in [0.5, 0.6) is 5.75 Å². The van der Waals surface area contributed by atoms with E-state index in [0.29, 0.717) is 12.0 Å². The van der Waals surface area contributed by atoms with Gasteiger partial charge < -0.3 is 10.5 Å². The summed E-state index contributed by atoms with van der Waals surface area (Å²) in [6.45, 7) is -0.0384. The summed E-state index contributed by atoms with van der Waals surface area (Å²) in [5, 5.41) is -0.0738. The third kappa shape index (κ3) is 3.68. The van der Waals surface area contributed by atoms with Gasteiger partial charge in [0.1, 0.15) is 12.4 Å². The Balaban J connectivity index is 2.18. The molecule has 0 aliphatic heterocycles. The largest absolute Gasteiger partial charge is 0.483 e. The fraction of sp³-hybridized carbons (Fsp3) is 0.200. The van der Waals surface area contributed by atoms with Crippen LogP contribution in [0, 0.1) is 17.5 Å². The van der Waals surface area contributed by atoms with Gasteiger partial charge in [0.15, 0.2) is 17.4 Å². The molecule has 0 aliphatic carbocycles. The second-order valence-corrected chi connectivity index (χ2v) is 4.84. The van der Waals surface area contributed by atoms with Crippen molar-refractivity contribution in [3.05, 3.63) is 63.9 Å². The van der Waals surface area contributed by atoms with Gasteiger partial charge in [0, 0.05) is 5.56 Å². The Bertz CT molecular complexity index is 626. The van der Waals surface area contributed by atoms with Gasteiger partial charge in [0.2, 0.25) is 0 Å². The number of hydrogen-bond acceptors (Lipinski definition) is 2. The standard InChI is InChI=1S/C15H13ClF3NO/c16-11-3-1-2-10(14(11)19)8-21-15-12(17)6-9(4-5-20)7-13(15)18/h1-3,6-7H,4-5,8,20H2. The highest BCUT2D eigenvalue weighted by molar-refractivity contribution is 6.30. The molecule has 0 aromatic heterocycles. The highest BCUT2D eigenvalue weighted by Gasteiger charge is 2.14. The van der Waals surface area contributed by atoms with Gasteiger partial charge >= 0.3 is 0 Å². The van der Waals surface area contributed by atoms with Crippen LogP contribution >= 0.6 is 11.6 Å². The van der Waals surface area contributed by atoms with Crippen LogP contribution in [-0.4, -0.2) is 6.54 Å². The summed E-state index contributed by atoms with van der Waals surface area (Å²) in [5.41, 5.74) is 5.89. The molecule has 0 bridgehead atoms. The molecule has 2 rings (SSSR count). The molecule has 0 amide bonds. The van der Waals surface area contributed by atoms with E-state index in [-0.39, 0.29) is 23.7 Å². The van der Waals surface area contributed by atoms with E-state index < -0.39 is 23.2 Å². The third-order valence-electron chi connectivity index (χ3n) is 2.89. The van der Waals surface area contributed by atoms with Gasteiger partial charge in [-0.2, -0.15) is 0 Å². The number of benzene rings is 2. The van der Waals surface area contributed by atoms with Crippen molar-refractivity contribution in [2.45, 2.75) is 13.0 Å². The van der Waals surface area contributed by atoms with Gasteiger partial charge in [0.25, 0.3) is 0 Å². The summed E-state index contributed by atoms with van der Waals surface area (Å²) in [4.78, 5) is 0. The van der Waals surface area contributed by atoms with E-state index in [0.717, 1.165) is 12.1 Å². The van der Waals surface area contributed by atoms with Gasteiger partial charge in [-0.15, -0.1) is 0 Å². The lowest BCUT2D eigenvalue weighted by molar-refractivity contribution is 0.269. The highest BCUT2D eigenvalue weighted by Crippen LogP contribution is 2.26. The zero-order valence-electron chi connectivity index (χ0n) is 11.0. The van der Waals surface area contributed by atoms with Crippen molar-refractivity contribution in [1.29, 1.82) is 0 Å². The second kappa shape index (κ2) is 6.83. The minimum absolute atomic E-state index is 0.0738. The topological polar surface area (TPSA) is 35.2 Å². The summed E-state index contributed by atoms with van der Waals surface area (Å²) in [7, 11) is 0. The molecule has 0 saturated heterocycles. The van der Waals surface area contributed by atoms with E-state index >= 15 is 0 Å². The molecule has 0 saturated carbocycles. The molecule has 2 N–H and O–H groups in total. The highest BCUT2D eigenvalue weighted by atomic mass is 35.5. The lowest BCUT2D eigenvalue weighted by atomic mass is 10.1. The Morgan fingerprint density at radius 3 is 2.38 bits per heavy atom. The van der Waals surface area contributed by atoms with E-state index in [9.17, 15) is 13.2 Å². The second-order valence-electron chi connectivity index (χ2n) is 4.43. The number of hydrogen-bond donors (Lipinski definition) is 1.